The molecule has 65 valence electrons. The number of hydrogen-bond donors (Lipinski definition) is 1. The minimum Gasteiger partial charge on any atom is -0.391 e. The van der Waals surface area contributed by atoms with Crippen molar-refractivity contribution in [1.29, 1.82) is 5.26 Å². The normalized spacial score (nSPS) is 8.85. The predicted octanol–water partition coefficient (Wildman–Crippen LogP) is 0.615. The highest BCUT2D eigenvalue weighted by Gasteiger charge is 1.99. The van der Waals surface area contributed by atoms with Gasteiger partial charge >= 0.3 is 6.09 Å². The molecule has 0 atom stereocenters. The van der Waals surface area contributed by atoms with Crippen LogP contribution in [0.5, 0.6) is 5.88 Å². The van der Waals surface area contributed by atoms with Crippen molar-refractivity contribution in [2.45, 2.75) is 0 Å². The van der Waals surface area contributed by atoms with E-state index in [-0.39, 0.29) is 5.88 Å². The molecule has 13 heavy (non-hydrogen) atoms. The summed E-state index contributed by atoms with van der Waals surface area (Å²) in [6.07, 6.45) is 1.81. The predicted molar refractivity (Wildman–Crippen MR) is 43.5 cm³/mol. The van der Waals surface area contributed by atoms with Gasteiger partial charge in [-0.2, -0.15) is 5.26 Å². The van der Waals surface area contributed by atoms with E-state index in [4.69, 9.17) is 11.0 Å². The number of hydrogen-bond acceptors (Lipinski definition) is 4. The number of rotatable bonds is 2. The van der Waals surface area contributed by atoms with Crippen molar-refractivity contribution in [3.8, 4) is 11.9 Å². The van der Waals surface area contributed by atoms with Gasteiger partial charge in [0.25, 0.3) is 0 Å². The maximum atomic E-state index is 10.3. The number of carbonyl (C=O) groups is 1. The van der Waals surface area contributed by atoms with E-state index in [1.54, 1.807) is 6.07 Å². The fourth-order valence-corrected chi connectivity index (χ4v) is 0.715. The largest absolute Gasteiger partial charge is 0.411 e. The molecule has 5 heteroatoms. The van der Waals surface area contributed by atoms with Gasteiger partial charge in [-0.25, -0.2) is 9.78 Å². The van der Waals surface area contributed by atoms with E-state index in [2.05, 4.69) is 9.72 Å². The lowest BCUT2D eigenvalue weighted by Gasteiger charge is -1.98. The van der Waals surface area contributed by atoms with Gasteiger partial charge in [0.1, 0.15) is 0 Å². The summed E-state index contributed by atoms with van der Waals surface area (Å²) in [6, 6.07) is 4.89. The Bertz CT molecular complexity index is 339. The SMILES string of the molecule is N#C[CH]c1ccc(OC(N)=O)nc1. The third kappa shape index (κ3) is 2.79. The molecule has 1 amide bonds. The second kappa shape index (κ2) is 4.07. The monoisotopic (exact) mass is 176 g/mol. The molecule has 2 N–H and O–H groups in total. The van der Waals surface area contributed by atoms with E-state index in [1.165, 1.54) is 18.7 Å². The number of carbonyl (C=O) groups excluding carboxylic acids is 1. The highest BCUT2D eigenvalue weighted by molar-refractivity contribution is 5.67. The van der Waals surface area contributed by atoms with Crippen LogP contribution in [0.3, 0.4) is 0 Å². The van der Waals surface area contributed by atoms with E-state index >= 15 is 0 Å². The Balaban J connectivity index is 2.70. The van der Waals surface area contributed by atoms with Crippen LogP contribution in [0.1, 0.15) is 5.56 Å². The number of ether oxygens (including phenoxy) is 1. The van der Waals surface area contributed by atoms with Crippen LogP contribution in [-0.2, 0) is 0 Å². The smallest absolute Gasteiger partial charge is 0.391 e. The summed E-state index contributed by atoms with van der Waals surface area (Å²) in [6.45, 7) is 0. The van der Waals surface area contributed by atoms with Crippen molar-refractivity contribution in [2.75, 3.05) is 0 Å². The summed E-state index contributed by atoms with van der Waals surface area (Å²) in [5, 5.41) is 8.30. The van der Waals surface area contributed by atoms with Crippen LogP contribution < -0.4 is 10.5 Å². The lowest BCUT2D eigenvalue weighted by molar-refractivity contribution is 0.209. The molecule has 0 aromatic carbocycles. The first-order chi connectivity index (χ1) is 6.22. The number of aromatic nitrogens is 1. The van der Waals surface area contributed by atoms with Crippen LogP contribution in [0, 0.1) is 17.8 Å². The lowest BCUT2D eigenvalue weighted by atomic mass is 10.2. The van der Waals surface area contributed by atoms with E-state index in [0.29, 0.717) is 5.56 Å². The molecule has 1 rings (SSSR count). The maximum absolute atomic E-state index is 10.3. The molecule has 1 heterocycles. The third-order valence-corrected chi connectivity index (χ3v) is 1.20. The molecule has 0 saturated carbocycles. The molecule has 5 nitrogen and oxygen atoms in total. The second-order valence-corrected chi connectivity index (χ2v) is 2.12. The van der Waals surface area contributed by atoms with Crippen molar-refractivity contribution < 1.29 is 9.53 Å². The number of nitrogens with zero attached hydrogens (tertiary/aromatic N) is 2. The Labute approximate surface area is 74.8 Å². The summed E-state index contributed by atoms with van der Waals surface area (Å²) in [7, 11) is 0. The van der Waals surface area contributed by atoms with Crippen molar-refractivity contribution >= 4 is 6.09 Å². The zero-order valence-corrected chi connectivity index (χ0v) is 6.60. The van der Waals surface area contributed by atoms with Crippen molar-refractivity contribution in [2.24, 2.45) is 5.73 Å². The summed E-state index contributed by atoms with van der Waals surface area (Å²) in [4.78, 5) is 14.0. The molecule has 0 saturated heterocycles. The molecule has 0 aliphatic heterocycles. The quantitative estimate of drug-likeness (QED) is 0.715. The average Bonchev–Trinajstić information content (AvgIpc) is 2.08. The molecule has 0 fully saturated rings. The van der Waals surface area contributed by atoms with Crippen LogP contribution in [0.25, 0.3) is 0 Å². The number of primary amides is 1. The molecular weight excluding hydrogens is 170 g/mol. The van der Waals surface area contributed by atoms with Crippen molar-refractivity contribution in [3.63, 3.8) is 0 Å². The minimum atomic E-state index is -0.912. The van der Waals surface area contributed by atoms with Gasteiger partial charge < -0.3 is 10.5 Å². The van der Waals surface area contributed by atoms with Crippen LogP contribution in [0.2, 0.25) is 0 Å². The number of nitriles is 1. The molecular formula is C8H6N3O2. The first-order valence-corrected chi connectivity index (χ1v) is 3.38. The first kappa shape index (κ1) is 9.00. The fraction of sp³-hybridized carbons (Fsp3) is 0. The summed E-state index contributed by atoms with van der Waals surface area (Å²) in [5.41, 5.74) is 5.40. The van der Waals surface area contributed by atoms with Crippen LogP contribution in [0.4, 0.5) is 4.79 Å². The van der Waals surface area contributed by atoms with Crippen LogP contribution >= 0.6 is 0 Å². The highest BCUT2D eigenvalue weighted by atomic mass is 16.6. The van der Waals surface area contributed by atoms with Crippen LogP contribution in [0.15, 0.2) is 18.3 Å². The molecule has 0 spiro atoms. The van der Waals surface area contributed by atoms with Crippen molar-refractivity contribution in [3.05, 3.63) is 30.3 Å². The first-order valence-electron chi connectivity index (χ1n) is 3.38. The second-order valence-electron chi connectivity index (χ2n) is 2.12. The van der Waals surface area contributed by atoms with Gasteiger partial charge in [-0.15, -0.1) is 0 Å². The summed E-state index contributed by atoms with van der Waals surface area (Å²) >= 11 is 0. The molecule has 0 aliphatic carbocycles. The van der Waals surface area contributed by atoms with Gasteiger partial charge in [0.05, 0.1) is 12.5 Å². The number of amides is 1. The standard InChI is InChI=1S/C8H6N3O2/c9-4-3-6-1-2-7(11-5-6)13-8(10)12/h1-3,5H,(H2,10,12). The van der Waals surface area contributed by atoms with Gasteiger partial charge in [0.2, 0.25) is 5.88 Å². The number of nitrogens with two attached hydrogens (primary N) is 1. The maximum Gasteiger partial charge on any atom is 0.411 e. The van der Waals surface area contributed by atoms with E-state index in [9.17, 15) is 4.79 Å². The molecule has 0 bridgehead atoms. The Morgan fingerprint density at radius 2 is 2.46 bits per heavy atom. The zero-order chi connectivity index (χ0) is 9.68. The van der Waals surface area contributed by atoms with Gasteiger partial charge in [-0.3, -0.25) is 0 Å². The Kier molecular flexibility index (Phi) is 2.82. The molecule has 0 unspecified atom stereocenters. The molecule has 0 aliphatic rings. The van der Waals surface area contributed by atoms with Gasteiger partial charge in [-0.1, -0.05) is 6.07 Å². The topological polar surface area (TPSA) is 89.0 Å². The van der Waals surface area contributed by atoms with E-state index in [0.717, 1.165) is 0 Å². The average molecular weight is 176 g/mol. The Morgan fingerprint density at radius 3 is 2.92 bits per heavy atom. The summed E-state index contributed by atoms with van der Waals surface area (Å²) < 4.78 is 4.48. The zero-order valence-electron chi connectivity index (χ0n) is 6.60. The van der Waals surface area contributed by atoms with E-state index < -0.39 is 6.09 Å². The van der Waals surface area contributed by atoms with Crippen molar-refractivity contribution in [1.82, 2.24) is 4.98 Å². The van der Waals surface area contributed by atoms with Gasteiger partial charge in [0.15, 0.2) is 0 Å². The number of pyridine rings is 1. The molecule has 1 radical (unpaired) electrons. The molecule has 1 aromatic rings. The minimum absolute atomic E-state index is 0.114. The Morgan fingerprint density at radius 1 is 1.69 bits per heavy atom. The van der Waals surface area contributed by atoms with Crippen LogP contribution in [-0.4, -0.2) is 11.1 Å². The Hall–Kier alpha value is -2.09. The fourth-order valence-electron chi connectivity index (χ4n) is 0.715. The van der Waals surface area contributed by atoms with Gasteiger partial charge in [0, 0.05) is 12.3 Å². The van der Waals surface area contributed by atoms with Gasteiger partial charge in [-0.05, 0) is 5.56 Å². The van der Waals surface area contributed by atoms with E-state index in [1.807, 2.05) is 6.07 Å². The summed E-state index contributed by atoms with van der Waals surface area (Å²) in [5.74, 6) is 0.114. The third-order valence-electron chi connectivity index (χ3n) is 1.20. The lowest BCUT2D eigenvalue weighted by Crippen LogP contribution is -2.16. The molecule has 1 aromatic heterocycles. The highest BCUT2D eigenvalue weighted by Crippen LogP contribution is 2.08.